The second kappa shape index (κ2) is 9.21. The van der Waals surface area contributed by atoms with Crippen molar-refractivity contribution in [3.05, 3.63) is 59.7 Å². The molecule has 0 radical (unpaired) electrons. The first-order chi connectivity index (χ1) is 13.9. The third kappa shape index (κ3) is 5.43. The summed E-state index contributed by atoms with van der Waals surface area (Å²) < 4.78 is 5.37. The fraction of sp³-hybridized carbons (Fsp3) is 0.458. The lowest BCUT2D eigenvalue weighted by atomic mass is 9.87. The average Bonchev–Trinajstić information content (AvgIpc) is 2.73. The quantitative estimate of drug-likeness (QED) is 0.830. The van der Waals surface area contributed by atoms with Crippen molar-refractivity contribution in [2.75, 3.05) is 44.7 Å². The van der Waals surface area contributed by atoms with Crippen molar-refractivity contribution in [2.24, 2.45) is 0 Å². The Morgan fingerprint density at radius 1 is 1.00 bits per heavy atom. The number of nitrogens with one attached hydrogen (secondary N) is 1. The Balaban J connectivity index is 1.46. The van der Waals surface area contributed by atoms with E-state index in [9.17, 15) is 4.79 Å². The molecule has 2 aromatic carbocycles. The second-order valence-electron chi connectivity index (χ2n) is 8.56. The maximum Gasteiger partial charge on any atom is 0.317 e. The molecule has 0 atom stereocenters. The van der Waals surface area contributed by atoms with E-state index < -0.39 is 0 Å². The first kappa shape index (κ1) is 21.0. The summed E-state index contributed by atoms with van der Waals surface area (Å²) in [5.74, 6) is 0.868. The number of nitrogens with zero attached hydrogens (tertiary/aromatic N) is 2. The normalized spacial score (nSPS) is 14.6. The molecule has 0 aliphatic carbocycles. The van der Waals surface area contributed by atoms with E-state index in [0.29, 0.717) is 6.54 Å². The van der Waals surface area contributed by atoms with Gasteiger partial charge in [-0.2, -0.15) is 0 Å². The molecule has 29 heavy (non-hydrogen) atoms. The zero-order valence-electron chi connectivity index (χ0n) is 18.1. The van der Waals surface area contributed by atoms with Gasteiger partial charge in [0.25, 0.3) is 0 Å². The van der Waals surface area contributed by atoms with Gasteiger partial charge in [-0.25, -0.2) is 4.79 Å². The molecule has 5 nitrogen and oxygen atoms in total. The number of anilines is 1. The third-order valence-corrected chi connectivity index (χ3v) is 5.53. The molecule has 1 aliphatic heterocycles. The number of carbonyl (C=O) groups is 1. The van der Waals surface area contributed by atoms with Crippen LogP contribution in [0.2, 0.25) is 0 Å². The summed E-state index contributed by atoms with van der Waals surface area (Å²) in [6.07, 6.45) is 0.760. The lowest BCUT2D eigenvalue weighted by Gasteiger charge is -2.36. The Morgan fingerprint density at radius 3 is 2.28 bits per heavy atom. The zero-order valence-corrected chi connectivity index (χ0v) is 18.1. The van der Waals surface area contributed by atoms with E-state index in [1.54, 1.807) is 7.11 Å². The third-order valence-electron chi connectivity index (χ3n) is 5.53. The average molecular weight is 396 g/mol. The fourth-order valence-electron chi connectivity index (χ4n) is 3.67. The highest BCUT2D eigenvalue weighted by Crippen LogP contribution is 2.25. The summed E-state index contributed by atoms with van der Waals surface area (Å²) in [6.45, 7) is 10.5. The van der Waals surface area contributed by atoms with Crippen molar-refractivity contribution < 1.29 is 9.53 Å². The van der Waals surface area contributed by atoms with E-state index in [4.69, 9.17) is 4.74 Å². The highest BCUT2D eigenvalue weighted by molar-refractivity contribution is 5.74. The molecule has 1 aliphatic rings. The van der Waals surface area contributed by atoms with Crippen molar-refractivity contribution in [3.8, 4) is 5.75 Å². The minimum absolute atomic E-state index is 0.0163. The summed E-state index contributed by atoms with van der Waals surface area (Å²) in [5, 5.41) is 3.04. The molecule has 5 heteroatoms. The summed E-state index contributed by atoms with van der Waals surface area (Å²) in [4.78, 5) is 16.8. The number of benzene rings is 2. The number of methoxy groups -OCH3 is 1. The summed E-state index contributed by atoms with van der Waals surface area (Å²) in [6, 6.07) is 16.8. The van der Waals surface area contributed by atoms with Crippen molar-refractivity contribution in [2.45, 2.75) is 32.6 Å². The van der Waals surface area contributed by atoms with Gasteiger partial charge in [0, 0.05) is 38.4 Å². The van der Waals surface area contributed by atoms with Crippen molar-refractivity contribution in [1.29, 1.82) is 0 Å². The number of carbonyl (C=O) groups excluding carboxylic acids is 1. The molecule has 0 unspecified atom stereocenters. The maximum atomic E-state index is 12.5. The van der Waals surface area contributed by atoms with E-state index in [1.807, 2.05) is 29.2 Å². The number of hydrogen-bond donors (Lipinski definition) is 1. The number of para-hydroxylation sites is 1. The van der Waals surface area contributed by atoms with Crippen molar-refractivity contribution in [3.63, 3.8) is 0 Å². The molecule has 1 heterocycles. The Labute approximate surface area is 174 Å². The number of piperazine rings is 1. The minimum atomic E-state index is 0.0163. The second-order valence-corrected chi connectivity index (χ2v) is 8.56. The van der Waals surface area contributed by atoms with Crippen LogP contribution in [0, 0.1) is 0 Å². The lowest BCUT2D eigenvalue weighted by Crippen LogP contribution is -2.52. The molecule has 1 fully saturated rings. The Kier molecular flexibility index (Phi) is 6.68. The maximum absolute atomic E-state index is 12.5. The van der Waals surface area contributed by atoms with E-state index >= 15 is 0 Å². The van der Waals surface area contributed by atoms with Crippen molar-refractivity contribution in [1.82, 2.24) is 10.2 Å². The van der Waals surface area contributed by atoms with Gasteiger partial charge >= 0.3 is 6.03 Å². The van der Waals surface area contributed by atoms with Gasteiger partial charge in [0.2, 0.25) is 0 Å². The molecule has 0 saturated carbocycles. The molecule has 3 rings (SSSR count). The van der Waals surface area contributed by atoms with Crippen LogP contribution in [0.1, 0.15) is 31.9 Å². The Hall–Kier alpha value is -2.69. The molecule has 0 bridgehead atoms. The van der Waals surface area contributed by atoms with Crippen LogP contribution in [0.4, 0.5) is 10.5 Å². The van der Waals surface area contributed by atoms with E-state index in [-0.39, 0.29) is 11.4 Å². The standard InChI is InChI=1S/C24H33N3O2/c1-24(2,3)20-9-11-21(12-10-20)26-15-17-27(18-16-26)23(28)25-14-13-19-7-5-6-8-22(19)29-4/h5-12H,13-18H2,1-4H3,(H,25,28). The van der Waals surface area contributed by atoms with Crippen LogP contribution in [0.3, 0.4) is 0 Å². The molecule has 2 aromatic rings. The minimum Gasteiger partial charge on any atom is -0.496 e. The molecular formula is C24H33N3O2. The Morgan fingerprint density at radius 2 is 1.66 bits per heavy atom. The van der Waals surface area contributed by atoms with Gasteiger partial charge in [0.15, 0.2) is 0 Å². The van der Waals surface area contributed by atoms with Gasteiger partial charge in [-0.05, 0) is 41.2 Å². The van der Waals surface area contributed by atoms with Gasteiger partial charge in [0.05, 0.1) is 7.11 Å². The molecule has 0 aromatic heterocycles. The summed E-state index contributed by atoms with van der Waals surface area (Å²) in [7, 11) is 1.67. The fourth-order valence-corrected chi connectivity index (χ4v) is 3.67. The largest absolute Gasteiger partial charge is 0.496 e. The van der Waals surface area contributed by atoms with Crippen LogP contribution in [0.15, 0.2) is 48.5 Å². The van der Waals surface area contributed by atoms with Gasteiger partial charge in [-0.1, -0.05) is 51.1 Å². The number of rotatable bonds is 5. The van der Waals surface area contributed by atoms with Crippen LogP contribution in [-0.4, -0.2) is 50.8 Å². The predicted octanol–water partition coefficient (Wildman–Crippen LogP) is 4.07. The lowest BCUT2D eigenvalue weighted by molar-refractivity contribution is 0.194. The smallest absolute Gasteiger partial charge is 0.317 e. The summed E-state index contributed by atoms with van der Waals surface area (Å²) >= 11 is 0. The predicted molar refractivity (Wildman–Crippen MR) is 119 cm³/mol. The van der Waals surface area contributed by atoms with E-state index in [2.05, 4.69) is 55.3 Å². The zero-order chi connectivity index (χ0) is 20.9. The van der Waals surface area contributed by atoms with Crippen LogP contribution in [0.5, 0.6) is 5.75 Å². The monoisotopic (exact) mass is 395 g/mol. The first-order valence-corrected chi connectivity index (χ1v) is 10.4. The van der Waals surface area contributed by atoms with Crippen LogP contribution < -0.4 is 15.0 Å². The number of hydrogen-bond acceptors (Lipinski definition) is 3. The first-order valence-electron chi connectivity index (χ1n) is 10.4. The van der Waals surface area contributed by atoms with Gasteiger partial charge < -0.3 is 19.9 Å². The number of urea groups is 1. The van der Waals surface area contributed by atoms with E-state index in [1.165, 1.54) is 11.3 Å². The SMILES string of the molecule is COc1ccccc1CCNC(=O)N1CCN(c2ccc(C(C)(C)C)cc2)CC1. The number of amides is 2. The highest BCUT2D eigenvalue weighted by atomic mass is 16.5. The van der Waals surface area contributed by atoms with Crippen LogP contribution in [-0.2, 0) is 11.8 Å². The van der Waals surface area contributed by atoms with Gasteiger partial charge in [-0.3, -0.25) is 0 Å². The molecular weight excluding hydrogens is 362 g/mol. The molecule has 2 amide bonds. The molecule has 0 spiro atoms. The topological polar surface area (TPSA) is 44.8 Å². The molecule has 1 N–H and O–H groups in total. The Bertz CT molecular complexity index is 804. The molecule has 156 valence electrons. The highest BCUT2D eigenvalue weighted by Gasteiger charge is 2.21. The van der Waals surface area contributed by atoms with Crippen LogP contribution in [0.25, 0.3) is 0 Å². The van der Waals surface area contributed by atoms with Gasteiger partial charge in [0.1, 0.15) is 5.75 Å². The van der Waals surface area contributed by atoms with E-state index in [0.717, 1.165) is 43.9 Å². The van der Waals surface area contributed by atoms with Gasteiger partial charge in [-0.15, -0.1) is 0 Å². The summed E-state index contributed by atoms with van der Waals surface area (Å²) in [5.41, 5.74) is 3.85. The molecule has 1 saturated heterocycles. The van der Waals surface area contributed by atoms with Crippen molar-refractivity contribution >= 4 is 11.7 Å². The number of ether oxygens (including phenoxy) is 1. The van der Waals surface area contributed by atoms with Crippen LogP contribution >= 0.6 is 0 Å².